The maximum atomic E-state index is 13.1. The van der Waals surface area contributed by atoms with Crippen LogP contribution in [0.1, 0.15) is 285 Å². The highest BCUT2D eigenvalue weighted by atomic mass is 31.2. The van der Waals surface area contributed by atoms with Crippen molar-refractivity contribution in [1.82, 2.24) is 0 Å². The molecule has 0 aromatic carbocycles. The maximum absolute atomic E-state index is 13.1. The standard InChI is InChI=1S/C81H134O17P2/c1-5-9-13-17-21-25-29-32-35-36-37-38-41-43-47-50-54-58-62-66-79(84)91-71-76(97-80(85)67-63-59-55-51-45-28-24-20-16-12-8-4)73-95-99(87,88)93-69-75(82)70-94-100(89,90)96-74-77(98-81(86)68-64-60-56-52-48-44-40-34-31-27-23-19-15-11-7-3)72-92-78(83)65-61-57-53-49-46-42-39-33-30-26-22-18-14-10-6-2/h9-11,13-15,21-23,25-27,32-35,37-40,46,49,57,61,75-77,82H,5-8,12,16-20,24,28-31,36,41-45,47-48,50-56,58-60,62-74H2,1-4H3,(H,87,88)(H,89,90)/b13-9-,14-10-,15-11-,25-21-,26-22-,27-23-,35-32-,38-37-,39-33-,40-34-,49-46-,61-57-. The predicted molar refractivity (Wildman–Crippen MR) is 408 cm³/mol. The number of esters is 4. The monoisotopic (exact) mass is 1440 g/mol. The lowest BCUT2D eigenvalue weighted by atomic mass is 10.1. The number of rotatable bonds is 70. The van der Waals surface area contributed by atoms with Crippen LogP contribution in [0.25, 0.3) is 0 Å². The molecule has 0 aliphatic heterocycles. The van der Waals surface area contributed by atoms with Crippen molar-refractivity contribution in [2.45, 2.75) is 303 Å². The molecule has 0 bridgehead atoms. The summed E-state index contributed by atoms with van der Waals surface area (Å²) in [5.74, 6) is -2.36. The summed E-state index contributed by atoms with van der Waals surface area (Å²) in [5.41, 5.74) is 0. The fourth-order valence-corrected chi connectivity index (χ4v) is 11.2. The molecule has 0 spiro atoms. The largest absolute Gasteiger partial charge is 0.472 e. The van der Waals surface area contributed by atoms with E-state index in [0.717, 1.165) is 167 Å². The van der Waals surface area contributed by atoms with E-state index in [9.17, 15) is 43.2 Å². The van der Waals surface area contributed by atoms with Crippen molar-refractivity contribution in [2.75, 3.05) is 39.6 Å². The lowest BCUT2D eigenvalue weighted by Crippen LogP contribution is -2.30. The van der Waals surface area contributed by atoms with Gasteiger partial charge in [0.2, 0.25) is 0 Å². The molecule has 100 heavy (non-hydrogen) atoms. The smallest absolute Gasteiger partial charge is 0.462 e. The van der Waals surface area contributed by atoms with Crippen molar-refractivity contribution in [3.8, 4) is 0 Å². The molecule has 19 heteroatoms. The summed E-state index contributed by atoms with van der Waals surface area (Å²) < 4.78 is 68.3. The minimum Gasteiger partial charge on any atom is -0.462 e. The summed E-state index contributed by atoms with van der Waals surface area (Å²) in [6.45, 7) is 4.36. The van der Waals surface area contributed by atoms with E-state index in [1.54, 1.807) is 6.08 Å². The van der Waals surface area contributed by atoms with E-state index in [0.29, 0.717) is 25.7 Å². The second-order valence-corrected chi connectivity index (χ2v) is 27.7. The van der Waals surface area contributed by atoms with Gasteiger partial charge < -0.3 is 33.8 Å². The first-order valence-corrected chi connectivity index (χ1v) is 41.1. The fourth-order valence-electron chi connectivity index (χ4n) is 9.65. The second kappa shape index (κ2) is 72.3. The number of phosphoric ester groups is 2. The lowest BCUT2D eigenvalue weighted by Gasteiger charge is -2.21. The number of aliphatic hydroxyl groups excluding tert-OH is 1. The van der Waals surface area contributed by atoms with Crippen LogP contribution in [0.5, 0.6) is 0 Å². The van der Waals surface area contributed by atoms with E-state index >= 15 is 0 Å². The van der Waals surface area contributed by atoms with Gasteiger partial charge in [-0.05, 0) is 122 Å². The average Bonchev–Trinajstić information content (AvgIpc) is 0.966. The number of phosphoric acid groups is 2. The molecular weight excluding hydrogens is 1310 g/mol. The van der Waals surface area contributed by atoms with Crippen LogP contribution in [-0.2, 0) is 65.4 Å². The van der Waals surface area contributed by atoms with Gasteiger partial charge in [-0.3, -0.25) is 37.3 Å². The van der Waals surface area contributed by atoms with Crippen LogP contribution in [-0.4, -0.2) is 96.7 Å². The summed E-state index contributed by atoms with van der Waals surface area (Å²) in [5, 5.41) is 10.6. The highest BCUT2D eigenvalue weighted by molar-refractivity contribution is 7.47. The number of aliphatic hydroxyl groups is 1. The molecule has 570 valence electrons. The number of hydrogen-bond acceptors (Lipinski definition) is 15. The molecular formula is C81H134O17P2. The minimum absolute atomic E-state index is 0.0522. The first-order chi connectivity index (χ1) is 48.7. The van der Waals surface area contributed by atoms with Crippen LogP contribution >= 0.6 is 15.6 Å². The molecule has 5 atom stereocenters. The normalized spacial score (nSPS) is 14.8. The Balaban J connectivity index is 5.40. The van der Waals surface area contributed by atoms with E-state index in [4.69, 9.17) is 37.0 Å². The Morgan fingerprint density at radius 1 is 0.300 bits per heavy atom. The first kappa shape index (κ1) is 94.9. The van der Waals surface area contributed by atoms with E-state index in [2.05, 4.69) is 149 Å². The highest BCUT2D eigenvalue weighted by Gasteiger charge is 2.30. The highest BCUT2D eigenvalue weighted by Crippen LogP contribution is 2.45. The molecule has 0 saturated heterocycles. The molecule has 0 radical (unpaired) electrons. The molecule has 0 amide bonds. The van der Waals surface area contributed by atoms with Crippen LogP contribution in [0, 0.1) is 0 Å². The molecule has 0 fully saturated rings. The molecule has 0 aliphatic carbocycles. The third kappa shape index (κ3) is 71.3. The molecule has 3 N–H and O–H groups in total. The lowest BCUT2D eigenvalue weighted by molar-refractivity contribution is -0.161. The zero-order valence-corrected chi connectivity index (χ0v) is 63.9. The number of hydrogen-bond donors (Lipinski definition) is 3. The molecule has 17 nitrogen and oxygen atoms in total. The molecule has 0 heterocycles. The van der Waals surface area contributed by atoms with Crippen molar-refractivity contribution < 1.29 is 80.2 Å². The summed E-state index contributed by atoms with van der Waals surface area (Å²) in [6, 6.07) is 0. The van der Waals surface area contributed by atoms with Crippen LogP contribution in [0.4, 0.5) is 0 Å². The third-order valence-electron chi connectivity index (χ3n) is 15.3. The van der Waals surface area contributed by atoms with E-state index < -0.39 is 97.5 Å². The van der Waals surface area contributed by atoms with E-state index in [1.165, 1.54) is 38.5 Å². The average molecular weight is 1440 g/mol. The second-order valence-electron chi connectivity index (χ2n) is 24.8. The van der Waals surface area contributed by atoms with E-state index in [-0.39, 0.29) is 25.7 Å². The van der Waals surface area contributed by atoms with Crippen LogP contribution in [0.2, 0.25) is 0 Å². The topological polar surface area (TPSA) is 237 Å². The van der Waals surface area contributed by atoms with Crippen LogP contribution in [0.15, 0.2) is 146 Å². The molecule has 0 aromatic heterocycles. The van der Waals surface area contributed by atoms with Gasteiger partial charge in [-0.15, -0.1) is 0 Å². The van der Waals surface area contributed by atoms with E-state index in [1.807, 2.05) is 18.2 Å². The van der Waals surface area contributed by atoms with Gasteiger partial charge in [-0.1, -0.05) is 283 Å². The Labute approximate surface area is 605 Å². The van der Waals surface area contributed by atoms with Crippen molar-refractivity contribution in [2.24, 2.45) is 0 Å². The molecule has 0 rings (SSSR count). The number of allylic oxidation sites excluding steroid dienone is 23. The van der Waals surface area contributed by atoms with Gasteiger partial charge in [-0.25, -0.2) is 9.13 Å². The molecule has 5 unspecified atom stereocenters. The zero-order valence-electron chi connectivity index (χ0n) is 62.1. The van der Waals surface area contributed by atoms with Crippen LogP contribution in [0.3, 0.4) is 0 Å². The van der Waals surface area contributed by atoms with Crippen LogP contribution < -0.4 is 0 Å². The van der Waals surface area contributed by atoms with Gasteiger partial charge in [0.15, 0.2) is 12.2 Å². The number of carbonyl (C=O) groups is 4. The Kier molecular flexibility index (Phi) is 68.6. The van der Waals surface area contributed by atoms with Crippen molar-refractivity contribution in [3.63, 3.8) is 0 Å². The maximum Gasteiger partial charge on any atom is 0.472 e. The predicted octanol–water partition coefficient (Wildman–Crippen LogP) is 21.9. The SMILES string of the molecule is CC/C=C\C/C=C\C/C=C\C/C=C\C/C=C\CC(=O)OCC(COP(=O)(O)OCC(O)COP(=O)(O)OCC(COC(=O)CCCCCCCC/C=C\C/C=C\C/C=C\C/C=C\CC)OC(=O)CCCCCCCCCCCCC)OC(=O)CCCCCCC/C=C\C/C=C\C/C=C\CC. The number of ether oxygens (including phenoxy) is 4. The number of unbranched alkanes of at least 4 members (excludes halogenated alkanes) is 21. The Morgan fingerprint density at radius 3 is 0.890 bits per heavy atom. The minimum atomic E-state index is -5.00. The quantitative estimate of drug-likeness (QED) is 0.0169. The summed E-state index contributed by atoms with van der Waals surface area (Å²) in [7, 11) is -9.99. The van der Waals surface area contributed by atoms with Gasteiger partial charge in [0, 0.05) is 19.3 Å². The van der Waals surface area contributed by atoms with Crippen molar-refractivity contribution in [3.05, 3.63) is 146 Å². The Morgan fingerprint density at radius 2 is 0.560 bits per heavy atom. The molecule has 0 aromatic rings. The fraction of sp³-hybridized carbons (Fsp3) is 0.654. The van der Waals surface area contributed by atoms with Crippen molar-refractivity contribution >= 4 is 39.5 Å². The van der Waals surface area contributed by atoms with Gasteiger partial charge in [0.05, 0.1) is 32.8 Å². The Hall–Kier alpha value is -5.06. The summed E-state index contributed by atoms with van der Waals surface area (Å²) in [4.78, 5) is 72.8. The van der Waals surface area contributed by atoms with Gasteiger partial charge in [0.25, 0.3) is 0 Å². The van der Waals surface area contributed by atoms with Gasteiger partial charge >= 0.3 is 39.5 Å². The number of carbonyl (C=O) groups excluding carboxylic acids is 4. The first-order valence-electron chi connectivity index (χ1n) is 38.1. The summed E-state index contributed by atoms with van der Waals surface area (Å²) >= 11 is 0. The van der Waals surface area contributed by atoms with Gasteiger partial charge in [0.1, 0.15) is 19.3 Å². The third-order valence-corrected chi connectivity index (χ3v) is 17.2. The molecule has 0 saturated carbocycles. The molecule has 0 aliphatic rings. The summed E-state index contributed by atoms with van der Waals surface area (Å²) in [6.07, 6.45) is 81.6. The van der Waals surface area contributed by atoms with Gasteiger partial charge in [-0.2, -0.15) is 0 Å². The zero-order chi connectivity index (χ0) is 73.2. The van der Waals surface area contributed by atoms with Crippen molar-refractivity contribution in [1.29, 1.82) is 0 Å². The Bertz CT molecular complexity index is 2470.